The summed E-state index contributed by atoms with van der Waals surface area (Å²) in [5.74, 6) is 0.231. The number of alkyl halides is 3. The quantitative estimate of drug-likeness (QED) is 0.706. The van der Waals surface area contributed by atoms with E-state index in [0.29, 0.717) is 40.9 Å². The number of piperazine rings is 1. The molecular weight excluding hydrogens is 397 g/mol. The average Bonchev–Trinajstić information content (AvgIpc) is 3.21. The molecule has 0 radical (unpaired) electrons. The lowest BCUT2D eigenvalue weighted by molar-refractivity contribution is -0.137. The Balaban J connectivity index is 1.82. The molecule has 3 aromatic rings. The maximum Gasteiger partial charge on any atom is 0.416 e. The Morgan fingerprint density at radius 2 is 1.83 bits per heavy atom. The molecule has 9 heteroatoms. The molecule has 2 aromatic carbocycles. The van der Waals surface area contributed by atoms with E-state index in [2.05, 4.69) is 15.1 Å². The molecule has 0 spiro atoms. The number of benzene rings is 2. The Morgan fingerprint density at radius 3 is 2.50 bits per heavy atom. The summed E-state index contributed by atoms with van der Waals surface area (Å²) in [5, 5.41) is 7.01. The van der Waals surface area contributed by atoms with E-state index in [9.17, 15) is 18.0 Å². The van der Waals surface area contributed by atoms with Gasteiger partial charge in [-0.15, -0.1) is 0 Å². The monoisotopic (exact) mass is 418 g/mol. The topological polar surface area (TPSA) is 61.5 Å². The third-order valence-electron chi connectivity index (χ3n) is 5.41. The fraction of sp³-hybridized carbons (Fsp3) is 0.333. The lowest BCUT2D eigenvalue weighted by atomic mass is 9.96. The van der Waals surface area contributed by atoms with Gasteiger partial charge in [0.25, 0.3) is 5.91 Å². The molecule has 1 aromatic heterocycles. The van der Waals surface area contributed by atoms with Crippen LogP contribution in [0.4, 0.5) is 13.2 Å². The van der Waals surface area contributed by atoms with Crippen molar-refractivity contribution in [2.75, 3.05) is 40.3 Å². The van der Waals surface area contributed by atoms with Gasteiger partial charge in [-0.3, -0.25) is 9.89 Å². The molecule has 1 N–H and O–H groups in total. The number of methoxy groups -OCH3 is 1. The minimum absolute atomic E-state index is 0.151. The zero-order chi connectivity index (χ0) is 21.5. The molecule has 4 rings (SSSR count). The maximum atomic E-state index is 13.5. The van der Waals surface area contributed by atoms with Crippen LogP contribution in [-0.4, -0.2) is 66.2 Å². The number of amides is 1. The number of halogens is 3. The second-order valence-corrected chi connectivity index (χ2v) is 7.36. The number of carbonyl (C=O) groups is 1. The van der Waals surface area contributed by atoms with Gasteiger partial charge in [0, 0.05) is 42.7 Å². The van der Waals surface area contributed by atoms with E-state index in [1.165, 1.54) is 13.3 Å². The third kappa shape index (κ3) is 3.72. The fourth-order valence-corrected chi connectivity index (χ4v) is 3.68. The first-order chi connectivity index (χ1) is 14.3. The first-order valence-electron chi connectivity index (χ1n) is 9.48. The summed E-state index contributed by atoms with van der Waals surface area (Å²) in [6, 6.07) is 6.95. The van der Waals surface area contributed by atoms with Crippen LogP contribution < -0.4 is 4.74 Å². The number of aromatic amines is 1. The van der Waals surface area contributed by atoms with Gasteiger partial charge < -0.3 is 14.5 Å². The average molecular weight is 418 g/mol. The number of hydrogen-bond donors (Lipinski definition) is 1. The van der Waals surface area contributed by atoms with Crippen molar-refractivity contribution in [1.29, 1.82) is 0 Å². The van der Waals surface area contributed by atoms with Gasteiger partial charge in [-0.25, -0.2) is 0 Å². The predicted molar refractivity (Wildman–Crippen MR) is 106 cm³/mol. The first kappa shape index (κ1) is 20.2. The number of likely N-dealkylation sites (N-methyl/N-ethyl adjacent to an activating group) is 1. The third-order valence-corrected chi connectivity index (χ3v) is 5.41. The number of nitrogens with one attached hydrogen (secondary N) is 1. The predicted octanol–water partition coefficient (Wildman–Crippen LogP) is 3.64. The van der Waals surface area contributed by atoms with E-state index in [1.807, 2.05) is 7.05 Å². The molecule has 0 unspecified atom stereocenters. The summed E-state index contributed by atoms with van der Waals surface area (Å²) in [5.41, 5.74) is 0.586. The Morgan fingerprint density at radius 1 is 1.10 bits per heavy atom. The summed E-state index contributed by atoms with van der Waals surface area (Å²) in [4.78, 5) is 16.9. The molecule has 30 heavy (non-hydrogen) atoms. The Kier molecular flexibility index (Phi) is 5.15. The molecule has 2 heterocycles. The van der Waals surface area contributed by atoms with E-state index < -0.39 is 11.7 Å². The van der Waals surface area contributed by atoms with Gasteiger partial charge in [0.15, 0.2) is 0 Å². The van der Waals surface area contributed by atoms with Crippen molar-refractivity contribution in [1.82, 2.24) is 20.0 Å². The normalized spacial score (nSPS) is 15.6. The Bertz CT molecular complexity index is 1090. The van der Waals surface area contributed by atoms with Crippen molar-refractivity contribution < 1.29 is 22.7 Å². The maximum absolute atomic E-state index is 13.5. The lowest BCUT2D eigenvalue weighted by Crippen LogP contribution is -2.47. The number of ether oxygens (including phenoxy) is 1. The molecule has 6 nitrogen and oxygen atoms in total. The highest BCUT2D eigenvalue weighted by atomic mass is 19.4. The summed E-state index contributed by atoms with van der Waals surface area (Å²) in [6.07, 6.45) is -3.05. The minimum Gasteiger partial charge on any atom is -0.496 e. The summed E-state index contributed by atoms with van der Waals surface area (Å²) < 4.78 is 45.8. The van der Waals surface area contributed by atoms with Crippen LogP contribution in [0.15, 0.2) is 36.5 Å². The molecule has 0 aliphatic carbocycles. The van der Waals surface area contributed by atoms with Crippen LogP contribution in [0.1, 0.15) is 15.9 Å². The molecule has 1 saturated heterocycles. The van der Waals surface area contributed by atoms with Gasteiger partial charge in [-0.1, -0.05) is 0 Å². The van der Waals surface area contributed by atoms with Crippen LogP contribution in [0.3, 0.4) is 0 Å². The standard InChI is InChI=1S/C21H21F3N4O2/c1-27-5-7-28(8-6-27)20(29)13-3-4-19(30-2)16(9-13)15-10-14(21(22,23)24)11-18-17(15)12-25-26-18/h3-4,9-12H,5-8H2,1-2H3,(H,25,26). The van der Waals surface area contributed by atoms with Crippen LogP contribution in [0.2, 0.25) is 0 Å². The molecule has 158 valence electrons. The van der Waals surface area contributed by atoms with Crippen LogP contribution in [0, 0.1) is 0 Å². The molecule has 1 aliphatic heterocycles. The van der Waals surface area contributed by atoms with E-state index in [-0.39, 0.29) is 11.4 Å². The Hall–Kier alpha value is -3.07. The molecule has 1 aliphatic rings. The van der Waals surface area contributed by atoms with Gasteiger partial charge in [0.1, 0.15) is 5.75 Å². The van der Waals surface area contributed by atoms with Crippen LogP contribution in [0.5, 0.6) is 5.75 Å². The number of aromatic nitrogens is 2. The summed E-state index contributed by atoms with van der Waals surface area (Å²) in [6.45, 7) is 2.76. The number of rotatable bonds is 3. The van der Waals surface area contributed by atoms with Gasteiger partial charge in [-0.2, -0.15) is 18.3 Å². The highest BCUT2D eigenvalue weighted by Gasteiger charge is 2.32. The number of fused-ring (bicyclic) bond motifs is 1. The van der Waals surface area contributed by atoms with Crippen LogP contribution >= 0.6 is 0 Å². The van der Waals surface area contributed by atoms with Gasteiger partial charge >= 0.3 is 6.18 Å². The second-order valence-electron chi connectivity index (χ2n) is 7.36. The lowest BCUT2D eigenvalue weighted by Gasteiger charge is -2.32. The van der Waals surface area contributed by atoms with Crippen molar-refractivity contribution in [2.24, 2.45) is 0 Å². The first-order valence-corrected chi connectivity index (χ1v) is 9.48. The smallest absolute Gasteiger partial charge is 0.416 e. The van der Waals surface area contributed by atoms with Gasteiger partial charge in [0.05, 0.1) is 24.4 Å². The van der Waals surface area contributed by atoms with Crippen molar-refractivity contribution in [3.63, 3.8) is 0 Å². The van der Waals surface area contributed by atoms with Gasteiger partial charge in [0.2, 0.25) is 0 Å². The highest BCUT2D eigenvalue weighted by Crippen LogP contribution is 2.40. The molecule has 1 amide bonds. The molecular formula is C21H21F3N4O2. The SMILES string of the molecule is COc1ccc(C(=O)N2CCN(C)CC2)cc1-c1cc(C(F)(F)F)cc2[nH]ncc12. The van der Waals surface area contributed by atoms with Crippen molar-refractivity contribution in [3.05, 3.63) is 47.7 Å². The summed E-state index contributed by atoms with van der Waals surface area (Å²) in [7, 11) is 3.44. The van der Waals surface area contributed by atoms with Crippen molar-refractivity contribution >= 4 is 16.8 Å². The molecule has 0 bridgehead atoms. The fourth-order valence-electron chi connectivity index (χ4n) is 3.68. The molecule has 1 fully saturated rings. The minimum atomic E-state index is -4.52. The number of carbonyl (C=O) groups excluding carboxylic acids is 1. The van der Waals surface area contributed by atoms with Crippen LogP contribution in [0.25, 0.3) is 22.0 Å². The number of hydrogen-bond acceptors (Lipinski definition) is 4. The van der Waals surface area contributed by atoms with Crippen LogP contribution in [-0.2, 0) is 6.18 Å². The molecule has 0 saturated carbocycles. The number of H-pyrrole nitrogens is 1. The zero-order valence-electron chi connectivity index (χ0n) is 16.6. The summed E-state index contributed by atoms with van der Waals surface area (Å²) >= 11 is 0. The van der Waals surface area contributed by atoms with E-state index >= 15 is 0 Å². The second kappa shape index (κ2) is 7.64. The molecule has 0 atom stereocenters. The van der Waals surface area contributed by atoms with E-state index in [0.717, 1.165) is 25.2 Å². The van der Waals surface area contributed by atoms with Crippen molar-refractivity contribution in [3.8, 4) is 16.9 Å². The zero-order valence-corrected chi connectivity index (χ0v) is 16.6. The van der Waals surface area contributed by atoms with E-state index in [4.69, 9.17) is 4.74 Å². The largest absolute Gasteiger partial charge is 0.496 e. The van der Waals surface area contributed by atoms with E-state index in [1.54, 1.807) is 23.1 Å². The number of nitrogens with zero attached hydrogens (tertiary/aromatic N) is 3. The Labute approximate surface area is 171 Å². The van der Waals surface area contributed by atoms with Gasteiger partial charge in [-0.05, 0) is 42.9 Å². The van der Waals surface area contributed by atoms with Crippen molar-refractivity contribution in [2.45, 2.75) is 6.18 Å². The highest BCUT2D eigenvalue weighted by molar-refractivity contribution is 6.00.